The maximum atomic E-state index is 6.99. The average Bonchev–Trinajstić information content (AvgIpc) is 2.06. The van der Waals surface area contributed by atoms with Crippen LogP contribution in [0.5, 0.6) is 0 Å². The van der Waals surface area contributed by atoms with Crippen molar-refractivity contribution in [1.82, 2.24) is 0 Å². The van der Waals surface area contributed by atoms with Crippen LogP contribution in [0.3, 0.4) is 0 Å². The van der Waals surface area contributed by atoms with Crippen LogP contribution in [0.2, 0.25) is 0 Å². The fraction of sp³-hybridized carbons (Fsp3) is 0. The van der Waals surface area contributed by atoms with Crippen LogP contribution in [0.25, 0.3) is 0 Å². The van der Waals surface area contributed by atoms with E-state index in [1.807, 2.05) is 24.3 Å². The molecule has 0 aromatic heterocycles. The minimum atomic E-state index is -0.562. The number of benzene rings is 1. The van der Waals surface area contributed by atoms with E-state index in [0.29, 0.717) is 0 Å². The molecule has 0 aliphatic heterocycles. The second-order valence-electron chi connectivity index (χ2n) is 2.22. The van der Waals surface area contributed by atoms with Crippen molar-refractivity contribution >= 4 is 25.4 Å². The van der Waals surface area contributed by atoms with Crippen LogP contribution in [-0.4, -0.2) is 20.2 Å². The Hall–Kier alpha value is -0.826. The van der Waals surface area contributed by atoms with Crippen LogP contribution in [0.1, 0.15) is 5.56 Å². The van der Waals surface area contributed by atoms with Crippen molar-refractivity contribution in [2.24, 2.45) is 0 Å². The predicted molar refractivity (Wildman–Crippen MR) is 51.9 cm³/mol. The smallest absolute Gasteiger partial charge is 0.179 e. The van der Waals surface area contributed by atoms with Crippen LogP contribution in [0.15, 0.2) is 24.3 Å². The lowest BCUT2D eigenvalue weighted by Crippen LogP contribution is -2.19. The first kappa shape index (κ1) is 8.27. The summed E-state index contributed by atoms with van der Waals surface area (Å²) in [5, 5.41) is 1.18. The molecule has 0 amide bonds. The van der Waals surface area contributed by atoms with Gasteiger partial charge in [-0.25, -0.2) is 0 Å². The van der Waals surface area contributed by atoms with Crippen molar-refractivity contribution in [2.75, 3.05) is 0 Å². The third kappa shape index (κ3) is 2.05. The van der Waals surface area contributed by atoms with Crippen LogP contribution in [-0.2, 0) is 4.12 Å². The molecule has 11 heavy (non-hydrogen) atoms. The minimum Gasteiger partial charge on any atom is -0.465 e. The summed E-state index contributed by atoms with van der Waals surface area (Å²) in [6.45, 7) is 0. The van der Waals surface area contributed by atoms with E-state index < -0.39 is 9.76 Å². The summed E-state index contributed by atoms with van der Waals surface area (Å²) >= 11 is 0. The Labute approximate surface area is 72.3 Å². The van der Waals surface area contributed by atoms with E-state index in [1.54, 1.807) is 0 Å². The molecule has 0 fully saturated rings. The molecule has 1 rings (SSSR count). The van der Waals surface area contributed by atoms with Gasteiger partial charge in [0, 0.05) is 5.56 Å². The summed E-state index contributed by atoms with van der Waals surface area (Å²) in [7, 11) is 0.235. The molecule has 0 saturated heterocycles. The highest BCUT2D eigenvalue weighted by Gasteiger charge is 1.96. The zero-order valence-corrected chi connectivity index (χ0v) is 9.84. The fourth-order valence-electron chi connectivity index (χ4n) is 0.924. The summed E-state index contributed by atoms with van der Waals surface area (Å²) in [6.07, 6.45) is 6.99. The van der Waals surface area contributed by atoms with Gasteiger partial charge < -0.3 is 4.12 Å². The normalized spacial score (nSPS) is 10.5. The van der Waals surface area contributed by atoms with Gasteiger partial charge in [0.2, 0.25) is 0 Å². The summed E-state index contributed by atoms with van der Waals surface area (Å²) < 4.78 is 5.22. The largest absolute Gasteiger partial charge is 0.465 e. The Morgan fingerprint density at radius 2 is 2.18 bits per heavy atom. The van der Waals surface area contributed by atoms with Crippen molar-refractivity contribution in [1.29, 1.82) is 0 Å². The van der Waals surface area contributed by atoms with Gasteiger partial charge in [-0.3, -0.25) is 0 Å². The van der Waals surface area contributed by atoms with Gasteiger partial charge in [-0.2, -0.15) is 0 Å². The first-order valence-corrected chi connectivity index (χ1v) is 5.48. The highest BCUT2D eigenvalue weighted by Crippen LogP contribution is 1.91. The summed E-state index contributed by atoms with van der Waals surface area (Å²) in [5.41, 5.74) is 0.884. The molecule has 0 spiro atoms. The molecule has 0 aliphatic carbocycles. The third-order valence-corrected chi connectivity index (χ3v) is 3.53. The van der Waals surface area contributed by atoms with Crippen LogP contribution in [0, 0.1) is 12.3 Å². The second-order valence-corrected chi connectivity index (χ2v) is 5.58. The lowest BCUT2D eigenvalue weighted by molar-refractivity contribution is 0.676. The quantitative estimate of drug-likeness (QED) is 0.400. The molecule has 0 aliphatic rings. The Bertz CT molecular complexity index is 278. The highest BCUT2D eigenvalue weighted by molar-refractivity contribution is 6.51. The van der Waals surface area contributed by atoms with E-state index >= 15 is 0 Å². The maximum absolute atomic E-state index is 6.99. The molecule has 1 nitrogen and oxygen atoms in total. The van der Waals surface area contributed by atoms with Gasteiger partial charge in [-0.1, -0.05) is 24.1 Å². The lowest BCUT2D eigenvalue weighted by Gasteiger charge is -2.00. The topological polar surface area (TPSA) is 9.23 Å². The maximum Gasteiger partial charge on any atom is 0.179 e. The fourth-order valence-corrected chi connectivity index (χ4v) is 2.76. The van der Waals surface area contributed by atoms with Gasteiger partial charge in [-0.15, -0.1) is 0 Å². The zero-order valence-electron chi connectivity index (χ0n) is 6.42. The standard InChI is InChI=1S/C8H9OSi2/c1-2-7-5-3-4-6-8(7)11-9-10/h3-6H,11H2,10H3. The van der Waals surface area contributed by atoms with E-state index in [-0.39, 0.29) is 0 Å². The Balaban J connectivity index is 2.95. The van der Waals surface area contributed by atoms with Crippen molar-refractivity contribution in [3.63, 3.8) is 0 Å². The van der Waals surface area contributed by atoms with Crippen LogP contribution < -0.4 is 5.19 Å². The molecule has 0 saturated carbocycles. The molecular formula is C8H9OSi2. The molecule has 1 radical (unpaired) electrons. The molecule has 0 heterocycles. The van der Waals surface area contributed by atoms with Gasteiger partial charge in [0.05, 0.1) is 0 Å². The Morgan fingerprint density at radius 3 is 2.82 bits per heavy atom. The van der Waals surface area contributed by atoms with Crippen molar-refractivity contribution < 1.29 is 4.12 Å². The summed E-state index contributed by atoms with van der Waals surface area (Å²) in [5.74, 6) is 2.40. The Morgan fingerprint density at radius 1 is 1.45 bits per heavy atom. The number of hydrogen-bond acceptors (Lipinski definition) is 1. The van der Waals surface area contributed by atoms with E-state index in [4.69, 9.17) is 10.5 Å². The van der Waals surface area contributed by atoms with E-state index in [0.717, 1.165) is 16.0 Å². The van der Waals surface area contributed by atoms with Crippen molar-refractivity contribution in [2.45, 2.75) is 0 Å². The van der Waals surface area contributed by atoms with E-state index in [9.17, 15) is 0 Å². The van der Waals surface area contributed by atoms with E-state index in [2.05, 4.69) is 5.92 Å². The molecule has 1 aromatic carbocycles. The molecule has 0 bridgehead atoms. The molecular weight excluding hydrogens is 168 g/mol. The molecule has 3 heteroatoms. The molecule has 0 atom stereocenters. The second kappa shape index (κ2) is 4.14. The average molecular weight is 177 g/mol. The minimum absolute atomic E-state index is 0.562. The van der Waals surface area contributed by atoms with Crippen molar-refractivity contribution in [3.05, 3.63) is 36.3 Å². The highest BCUT2D eigenvalue weighted by atomic mass is 28.3. The molecule has 1 aromatic rings. The summed E-state index contributed by atoms with van der Waals surface area (Å²) in [4.78, 5) is 0. The zero-order chi connectivity index (χ0) is 8.10. The van der Waals surface area contributed by atoms with Gasteiger partial charge in [-0.05, 0) is 17.7 Å². The predicted octanol–water partition coefficient (Wildman–Crippen LogP) is -1.37. The number of rotatable bonds is 2. The van der Waals surface area contributed by atoms with Crippen molar-refractivity contribution in [3.8, 4) is 5.92 Å². The monoisotopic (exact) mass is 177 g/mol. The van der Waals surface area contributed by atoms with Gasteiger partial charge in [0.15, 0.2) is 9.76 Å². The molecule has 55 valence electrons. The molecule has 0 N–H and O–H groups in total. The Kier molecular flexibility index (Phi) is 3.11. The van der Waals surface area contributed by atoms with E-state index in [1.165, 1.54) is 5.19 Å². The van der Waals surface area contributed by atoms with Crippen LogP contribution >= 0.6 is 0 Å². The summed E-state index contributed by atoms with van der Waals surface area (Å²) in [6, 6.07) is 7.81. The first-order chi connectivity index (χ1) is 5.38. The third-order valence-electron chi connectivity index (χ3n) is 1.45. The number of hydrogen-bond donors (Lipinski definition) is 0. The lowest BCUT2D eigenvalue weighted by atomic mass is 10.2. The van der Waals surface area contributed by atoms with Gasteiger partial charge in [0.25, 0.3) is 0 Å². The SMILES string of the molecule is [C]#Cc1ccccc1[SiH2]O[SiH3]. The molecule has 0 unspecified atom stereocenters. The van der Waals surface area contributed by atoms with Gasteiger partial charge >= 0.3 is 0 Å². The van der Waals surface area contributed by atoms with Crippen LogP contribution in [0.4, 0.5) is 0 Å². The first-order valence-electron chi connectivity index (χ1n) is 3.38. The van der Waals surface area contributed by atoms with Gasteiger partial charge in [0.1, 0.15) is 10.5 Å².